The number of hydrogen-bond donors (Lipinski definition) is 2. The zero-order valence-corrected chi connectivity index (χ0v) is 29.8. The summed E-state index contributed by atoms with van der Waals surface area (Å²) in [7, 11) is -1.54. The van der Waals surface area contributed by atoms with Crippen molar-refractivity contribution in [3.05, 3.63) is 77.9 Å². The quantitative estimate of drug-likeness (QED) is 0.118. The van der Waals surface area contributed by atoms with Gasteiger partial charge in [-0.2, -0.15) is 0 Å². The Kier molecular flexibility index (Phi) is 11.0. The van der Waals surface area contributed by atoms with E-state index in [4.69, 9.17) is 4.74 Å². The highest BCUT2D eigenvalue weighted by atomic mass is 32.2. The molecule has 1 amide bonds. The molecule has 4 aliphatic rings. The fourth-order valence-electron chi connectivity index (χ4n) is 7.24. The van der Waals surface area contributed by atoms with E-state index in [1.54, 1.807) is 39.8 Å². The number of ether oxygens (including phenoxy) is 1. The predicted molar refractivity (Wildman–Crippen MR) is 188 cm³/mol. The van der Waals surface area contributed by atoms with Gasteiger partial charge in [-0.05, 0) is 120 Å². The molecule has 4 fully saturated rings. The number of allylic oxidation sites excluding steroid dienone is 4. The van der Waals surface area contributed by atoms with Crippen molar-refractivity contribution in [1.82, 2.24) is 10.0 Å². The molecule has 0 bridgehead atoms. The Morgan fingerprint density at radius 1 is 1.17 bits per heavy atom. The predicted octanol–water partition coefficient (Wildman–Crippen LogP) is 8.09. The van der Waals surface area contributed by atoms with Crippen LogP contribution in [0.2, 0.25) is 0 Å². The number of hydrogen-bond acceptors (Lipinski definition) is 5. The van der Waals surface area contributed by atoms with Crippen molar-refractivity contribution in [2.75, 3.05) is 6.54 Å². The molecule has 1 unspecified atom stereocenters. The summed E-state index contributed by atoms with van der Waals surface area (Å²) in [6.07, 6.45) is 13.9. The molecular formula is C39H52F2N2O4S. The van der Waals surface area contributed by atoms with Gasteiger partial charge in [0.1, 0.15) is 22.6 Å². The van der Waals surface area contributed by atoms with Crippen LogP contribution in [0.5, 0.6) is 0 Å². The number of halogens is 2. The Bertz CT molecular complexity index is 1520. The molecule has 4 atom stereocenters. The Hall–Kier alpha value is -2.91. The Morgan fingerprint density at radius 2 is 1.90 bits per heavy atom. The number of carbonyl (C=O) groups excluding carboxylic acids is 2. The minimum atomic E-state index is -1.79. The summed E-state index contributed by atoms with van der Waals surface area (Å²) < 4.78 is 52.3. The van der Waals surface area contributed by atoms with Crippen molar-refractivity contribution >= 4 is 28.2 Å². The summed E-state index contributed by atoms with van der Waals surface area (Å²) in [6, 6.07) is 5.02. The van der Waals surface area contributed by atoms with Crippen LogP contribution in [0.4, 0.5) is 8.78 Å². The first kappa shape index (κ1) is 36.4. The van der Waals surface area contributed by atoms with Crippen molar-refractivity contribution in [3.8, 4) is 0 Å². The highest BCUT2D eigenvalue weighted by Crippen LogP contribution is 2.46. The molecule has 1 aromatic carbocycles. The molecule has 1 saturated heterocycles. The van der Waals surface area contributed by atoms with Crippen molar-refractivity contribution in [2.45, 2.75) is 127 Å². The Balaban J connectivity index is 1.29. The third kappa shape index (κ3) is 7.77. The lowest BCUT2D eigenvalue weighted by atomic mass is 9.73. The molecular weight excluding hydrogens is 631 g/mol. The van der Waals surface area contributed by atoms with E-state index in [-0.39, 0.29) is 59.7 Å². The van der Waals surface area contributed by atoms with Gasteiger partial charge in [-0.3, -0.25) is 14.3 Å². The number of Topliss-reactive ketones (excluding diaryl/α,β-unsaturated/α-hetero) is 1. The topological polar surface area (TPSA) is 84.5 Å². The Morgan fingerprint density at radius 3 is 2.50 bits per heavy atom. The number of carbonyl (C=O) groups is 2. The third-order valence-electron chi connectivity index (χ3n) is 11.1. The number of ketones is 1. The number of nitrogens with one attached hydrogen (secondary N) is 2. The second-order valence-electron chi connectivity index (χ2n) is 15.2. The lowest BCUT2D eigenvalue weighted by molar-refractivity contribution is -0.129. The van der Waals surface area contributed by atoms with Gasteiger partial charge in [-0.1, -0.05) is 43.9 Å². The van der Waals surface area contributed by atoms with Crippen LogP contribution in [-0.4, -0.2) is 45.0 Å². The maximum absolute atomic E-state index is 15.4. The largest absolute Gasteiger partial charge is 0.490 e. The van der Waals surface area contributed by atoms with E-state index in [9.17, 15) is 13.8 Å². The summed E-state index contributed by atoms with van der Waals surface area (Å²) in [5.41, 5.74) is -0.762. The molecule has 6 nitrogen and oxygen atoms in total. The van der Waals surface area contributed by atoms with Gasteiger partial charge in [0, 0.05) is 35.7 Å². The molecule has 3 aliphatic carbocycles. The summed E-state index contributed by atoms with van der Waals surface area (Å²) in [4.78, 5) is 26.0. The van der Waals surface area contributed by atoms with E-state index in [1.807, 2.05) is 18.2 Å². The van der Waals surface area contributed by atoms with Gasteiger partial charge in [-0.25, -0.2) is 13.0 Å². The monoisotopic (exact) mass is 682 g/mol. The van der Waals surface area contributed by atoms with Crippen LogP contribution >= 0.6 is 0 Å². The first-order valence-electron chi connectivity index (χ1n) is 17.6. The van der Waals surface area contributed by atoms with E-state index in [0.717, 1.165) is 51.4 Å². The second-order valence-corrected chi connectivity index (χ2v) is 17.0. The van der Waals surface area contributed by atoms with Gasteiger partial charge in [0.05, 0.1) is 11.5 Å². The van der Waals surface area contributed by atoms with E-state index < -0.39 is 28.0 Å². The van der Waals surface area contributed by atoms with Crippen LogP contribution in [0.3, 0.4) is 0 Å². The van der Waals surface area contributed by atoms with E-state index >= 15 is 8.78 Å². The summed E-state index contributed by atoms with van der Waals surface area (Å²) in [6.45, 7) is 15.6. The van der Waals surface area contributed by atoms with Gasteiger partial charge in [-0.15, -0.1) is 0 Å². The molecule has 1 aromatic rings. The molecule has 48 heavy (non-hydrogen) atoms. The SMILES string of the molecule is C=C(O[C@@H]1CC[C@@H](/C=C/CC(=O)[C@@]2(F)CNC3(CCC3)C2)C1)/C(=C\C(=C)C(C)(C)C(=O)NS(=O)C(C)C)c1cccc(F)c1C1CCC1. The summed E-state index contributed by atoms with van der Waals surface area (Å²) >= 11 is 0. The lowest BCUT2D eigenvalue weighted by Gasteiger charge is -2.38. The maximum atomic E-state index is 15.4. The molecule has 0 radical (unpaired) electrons. The number of alkyl halides is 1. The molecule has 5 rings (SSSR count). The summed E-state index contributed by atoms with van der Waals surface area (Å²) in [5.74, 6) is -0.424. The second kappa shape index (κ2) is 14.5. The molecule has 1 heterocycles. The van der Waals surface area contributed by atoms with Gasteiger partial charge in [0.25, 0.3) is 0 Å². The average molecular weight is 683 g/mol. The maximum Gasteiger partial charge on any atom is 0.241 e. The molecule has 9 heteroatoms. The minimum Gasteiger partial charge on any atom is -0.490 e. The number of benzene rings is 1. The van der Waals surface area contributed by atoms with E-state index in [0.29, 0.717) is 34.5 Å². The highest BCUT2D eigenvalue weighted by Gasteiger charge is 2.54. The first-order valence-corrected chi connectivity index (χ1v) is 18.8. The van der Waals surface area contributed by atoms with E-state index in [1.165, 1.54) is 6.07 Å². The average Bonchev–Trinajstić information content (AvgIpc) is 3.60. The van der Waals surface area contributed by atoms with Crippen LogP contribution < -0.4 is 10.0 Å². The van der Waals surface area contributed by atoms with Crippen molar-refractivity contribution in [2.24, 2.45) is 11.3 Å². The molecule has 2 N–H and O–H groups in total. The lowest BCUT2D eigenvalue weighted by Crippen LogP contribution is -2.46. The summed E-state index contributed by atoms with van der Waals surface area (Å²) in [5, 5.41) is 3.02. The van der Waals surface area contributed by atoms with Crippen LogP contribution in [0, 0.1) is 17.2 Å². The highest BCUT2D eigenvalue weighted by molar-refractivity contribution is 7.84. The van der Waals surface area contributed by atoms with Crippen LogP contribution in [-0.2, 0) is 25.3 Å². The zero-order chi connectivity index (χ0) is 34.9. The van der Waals surface area contributed by atoms with Gasteiger partial charge >= 0.3 is 0 Å². The normalized spacial score (nSPS) is 26.4. The molecule has 1 aliphatic heterocycles. The van der Waals surface area contributed by atoms with Crippen molar-refractivity contribution in [3.63, 3.8) is 0 Å². The Labute approximate surface area is 287 Å². The van der Waals surface area contributed by atoms with Crippen molar-refractivity contribution in [1.29, 1.82) is 0 Å². The molecule has 3 saturated carbocycles. The molecule has 262 valence electrons. The minimum absolute atomic E-state index is 0.0790. The smallest absolute Gasteiger partial charge is 0.241 e. The van der Waals surface area contributed by atoms with Gasteiger partial charge in [0.2, 0.25) is 5.91 Å². The van der Waals surface area contributed by atoms with Crippen molar-refractivity contribution < 1.29 is 27.3 Å². The first-order chi connectivity index (χ1) is 22.6. The van der Waals surface area contributed by atoms with Crippen LogP contribution in [0.25, 0.3) is 5.57 Å². The van der Waals surface area contributed by atoms with Crippen LogP contribution in [0.15, 0.2) is 60.9 Å². The number of amides is 1. The standard InChI is InChI=1S/C39H52F2N2O4S/c1-25(2)48(46)43-36(45)37(5,6)26(3)21-32(31-14-9-15-33(40)35(31)29-12-8-13-29)27(4)47-30-18-17-28(22-30)11-7-16-34(44)39(41)23-38(42-24-39)19-10-20-38/h7,9,11,14-15,21,25,28-30,42H,3-4,8,10,12-13,16-20,22-24H2,1-2,5-6H3,(H,43,45)/b11-7+,32-21+/t28-,30-,39+,48?/m1/s1. The van der Waals surface area contributed by atoms with E-state index in [2.05, 4.69) is 23.2 Å². The van der Waals surface area contributed by atoms with Gasteiger partial charge in [0.15, 0.2) is 11.5 Å². The molecule has 1 spiro atoms. The fourth-order valence-corrected chi connectivity index (χ4v) is 7.92. The van der Waals surface area contributed by atoms with Crippen LogP contribution in [0.1, 0.15) is 115 Å². The third-order valence-corrected chi connectivity index (χ3v) is 12.3. The zero-order valence-electron chi connectivity index (χ0n) is 29.0. The molecule has 0 aromatic heterocycles. The number of rotatable bonds is 14. The van der Waals surface area contributed by atoms with Gasteiger partial charge < -0.3 is 10.1 Å². The fraction of sp³-hybridized carbons (Fsp3) is 0.590.